The highest BCUT2D eigenvalue weighted by molar-refractivity contribution is 5.90. The molecule has 180 valence electrons. The molecule has 35 heavy (non-hydrogen) atoms. The maximum absolute atomic E-state index is 14.1. The molecule has 8 nitrogen and oxygen atoms in total. The van der Waals surface area contributed by atoms with E-state index in [-0.39, 0.29) is 6.04 Å². The Balaban J connectivity index is 1.41. The number of halogens is 2. The zero-order chi connectivity index (χ0) is 24.5. The van der Waals surface area contributed by atoms with Crippen LogP contribution in [0.4, 0.5) is 25.1 Å². The van der Waals surface area contributed by atoms with Gasteiger partial charge in [0.2, 0.25) is 0 Å². The maximum atomic E-state index is 14.1. The normalized spacial score (nSPS) is 17.5. The van der Waals surface area contributed by atoms with Crippen molar-refractivity contribution in [1.82, 2.24) is 25.3 Å². The summed E-state index contributed by atoms with van der Waals surface area (Å²) in [5.74, 6) is -1.27. The lowest BCUT2D eigenvalue weighted by Gasteiger charge is -2.29. The fourth-order valence-corrected chi connectivity index (χ4v) is 4.56. The Bertz CT molecular complexity index is 1340. The molecule has 4 aromatic rings. The summed E-state index contributed by atoms with van der Waals surface area (Å²) in [4.78, 5) is 15.2. The Morgan fingerprint density at radius 1 is 1.09 bits per heavy atom. The highest BCUT2D eigenvalue weighted by atomic mass is 19.2. The van der Waals surface area contributed by atoms with Gasteiger partial charge in [0.25, 0.3) is 0 Å². The van der Waals surface area contributed by atoms with E-state index in [1.54, 1.807) is 23.1 Å². The summed E-state index contributed by atoms with van der Waals surface area (Å²) in [7, 11) is 0. The van der Waals surface area contributed by atoms with Gasteiger partial charge in [0.1, 0.15) is 5.82 Å². The number of hydrogen-bond donors (Lipinski definition) is 3. The molecule has 2 amide bonds. The van der Waals surface area contributed by atoms with Gasteiger partial charge in [0, 0.05) is 18.3 Å². The van der Waals surface area contributed by atoms with Gasteiger partial charge >= 0.3 is 6.03 Å². The minimum atomic E-state index is -0.928. The standard InChI is InChI=1S/C25H25F2N7O/c1-15-16(2)32-34(18-6-4-3-5-7-18)24(15)31-25(35)30-22-10-11-33(19-13-28-29-14-19)23(22)17-8-9-20(26)21(27)12-17/h3-9,12-14,22-23H,10-11H2,1-2H3,(H,28,29)(H2,30,31,35)/t22-,23?/m0/s1. The smallest absolute Gasteiger partial charge is 0.320 e. The number of aromatic nitrogens is 4. The molecule has 3 N–H and O–H groups in total. The number of carbonyl (C=O) groups excluding carboxylic acids is 1. The topological polar surface area (TPSA) is 90.9 Å². The molecule has 3 heterocycles. The fraction of sp³-hybridized carbons (Fsp3) is 0.240. The molecule has 1 fully saturated rings. The van der Waals surface area contributed by atoms with Crippen molar-refractivity contribution in [3.8, 4) is 5.69 Å². The molecule has 10 heteroatoms. The van der Waals surface area contributed by atoms with Crippen LogP contribution < -0.4 is 15.5 Å². The van der Waals surface area contributed by atoms with Crippen LogP contribution in [-0.2, 0) is 0 Å². The lowest BCUT2D eigenvalue weighted by molar-refractivity contribution is 0.247. The van der Waals surface area contributed by atoms with Crippen LogP contribution in [0.25, 0.3) is 5.69 Å². The van der Waals surface area contributed by atoms with E-state index in [4.69, 9.17) is 0 Å². The van der Waals surface area contributed by atoms with Crippen molar-refractivity contribution in [2.45, 2.75) is 32.4 Å². The summed E-state index contributed by atoms with van der Waals surface area (Å²) in [6, 6.07) is 12.2. The van der Waals surface area contributed by atoms with Crippen LogP contribution in [0.15, 0.2) is 60.9 Å². The van der Waals surface area contributed by atoms with Crippen molar-refractivity contribution in [2.24, 2.45) is 0 Å². The van der Waals surface area contributed by atoms with Crippen LogP contribution in [0.3, 0.4) is 0 Å². The average Bonchev–Trinajstić information content (AvgIpc) is 3.58. The lowest BCUT2D eigenvalue weighted by Crippen LogP contribution is -2.42. The zero-order valence-electron chi connectivity index (χ0n) is 19.3. The number of nitrogens with zero attached hydrogens (tertiary/aromatic N) is 4. The van der Waals surface area contributed by atoms with Crippen molar-refractivity contribution in [1.29, 1.82) is 0 Å². The second kappa shape index (κ2) is 9.21. The van der Waals surface area contributed by atoms with E-state index in [2.05, 4.69) is 25.9 Å². The van der Waals surface area contributed by atoms with Gasteiger partial charge in [-0.25, -0.2) is 18.3 Å². The number of amides is 2. The number of anilines is 2. The van der Waals surface area contributed by atoms with E-state index in [0.717, 1.165) is 28.7 Å². The number of aromatic amines is 1. The Morgan fingerprint density at radius 3 is 2.60 bits per heavy atom. The molecule has 2 aromatic heterocycles. The van der Waals surface area contributed by atoms with E-state index in [1.165, 1.54) is 6.07 Å². The number of para-hydroxylation sites is 1. The Labute approximate surface area is 201 Å². The quantitative estimate of drug-likeness (QED) is 0.391. The molecular weight excluding hydrogens is 452 g/mol. The monoisotopic (exact) mass is 477 g/mol. The van der Waals surface area contributed by atoms with Gasteiger partial charge in [-0.15, -0.1) is 0 Å². The molecule has 2 aromatic carbocycles. The minimum Gasteiger partial charge on any atom is -0.360 e. The zero-order valence-corrected chi connectivity index (χ0v) is 19.3. The summed E-state index contributed by atoms with van der Waals surface area (Å²) >= 11 is 0. The summed E-state index contributed by atoms with van der Waals surface area (Å²) < 4.78 is 29.4. The number of hydrogen-bond acceptors (Lipinski definition) is 4. The molecule has 0 saturated carbocycles. The first-order chi connectivity index (χ1) is 16.9. The molecule has 0 aliphatic carbocycles. The number of benzene rings is 2. The molecule has 1 aliphatic heterocycles. The highest BCUT2D eigenvalue weighted by Gasteiger charge is 2.37. The van der Waals surface area contributed by atoms with E-state index < -0.39 is 23.7 Å². The van der Waals surface area contributed by atoms with Crippen molar-refractivity contribution >= 4 is 17.5 Å². The molecule has 1 aliphatic rings. The van der Waals surface area contributed by atoms with Crippen LogP contribution >= 0.6 is 0 Å². The first kappa shape index (κ1) is 22.6. The van der Waals surface area contributed by atoms with Crippen LogP contribution in [0.1, 0.15) is 29.3 Å². The minimum absolute atomic E-state index is 0.357. The number of rotatable bonds is 5. The molecule has 0 bridgehead atoms. The van der Waals surface area contributed by atoms with Gasteiger partial charge in [-0.3, -0.25) is 10.4 Å². The van der Waals surface area contributed by atoms with E-state index in [1.807, 2.05) is 49.1 Å². The third kappa shape index (κ3) is 4.34. The van der Waals surface area contributed by atoms with Crippen molar-refractivity contribution in [3.05, 3.63) is 89.4 Å². The Kier molecular flexibility index (Phi) is 5.94. The molecule has 1 saturated heterocycles. The van der Waals surface area contributed by atoms with Gasteiger partial charge in [-0.1, -0.05) is 24.3 Å². The van der Waals surface area contributed by atoms with E-state index >= 15 is 0 Å². The number of carbonyl (C=O) groups is 1. The second-order valence-corrected chi connectivity index (χ2v) is 8.57. The molecular formula is C25H25F2N7O. The second-order valence-electron chi connectivity index (χ2n) is 8.57. The van der Waals surface area contributed by atoms with E-state index in [0.29, 0.717) is 24.3 Å². The van der Waals surface area contributed by atoms with Crippen LogP contribution in [0.2, 0.25) is 0 Å². The average molecular weight is 478 g/mol. The molecule has 0 radical (unpaired) electrons. The van der Waals surface area contributed by atoms with E-state index in [9.17, 15) is 13.6 Å². The van der Waals surface area contributed by atoms with Crippen molar-refractivity contribution < 1.29 is 13.6 Å². The number of H-pyrrole nitrogens is 1. The maximum Gasteiger partial charge on any atom is 0.320 e. The van der Waals surface area contributed by atoms with Crippen LogP contribution in [0, 0.1) is 25.5 Å². The molecule has 0 spiro atoms. The first-order valence-electron chi connectivity index (χ1n) is 11.3. The van der Waals surface area contributed by atoms with Crippen LogP contribution in [-0.4, -0.2) is 38.6 Å². The SMILES string of the molecule is Cc1nn(-c2ccccc2)c(NC(=O)N[C@H]2CCN(c3cn[nH]c3)C2c2ccc(F)c(F)c2)c1C. The van der Waals surface area contributed by atoms with Gasteiger partial charge < -0.3 is 10.2 Å². The fourth-order valence-electron chi connectivity index (χ4n) is 4.56. The molecule has 5 rings (SSSR count). The van der Waals surface area contributed by atoms with Crippen LogP contribution in [0.5, 0.6) is 0 Å². The first-order valence-corrected chi connectivity index (χ1v) is 11.3. The lowest BCUT2D eigenvalue weighted by atomic mass is 9.99. The Morgan fingerprint density at radius 2 is 1.89 bits per heavy atom. The van der Waals surface area contributed by atoms with Crippen molar-refractivity contribution in [3.63, 3.8) is 0 Å². The molecule has 1 unspecified atom stereocenters. The third-order valence-electron chi connectivity index (χ3n) is 6.41. The Hall–Kier alpha value is -4.21. The predicted octanol–water partition coefficient (Wildman–Crippen LogP) is 4.63. The summed E-state index contributed by atoms with van der Waals surface area (Å²) in [6.45, 7) is 4.39. The summed E-state index contributed by atoms with van der Waals surface area (Å²) in [5.41, 5.74) is 3.85. The molecule has 2 atom stereocenters. The number of aryl methyl sites for hydroxylation is 1. The largest absolute Gasteiger partial charge is 0.360 e. The third-order valence-corrected chi connectivity index (χ3v) is 6.41. The van der Waals surface area contributed by atoms with Gasteiger partial charge in [-0.2, -0.15) is 10.2 Å². The van der Waals surface area contributed by atoms with Gasteiger partial charge in [-0.05, 0) is 50.1 Å². The summed E-state index contributed by atoms with van der Waals surface area (Å²) in [6.07, 6.45) is 4.01. The predicted molar refractivity (Wildman–Crippen MR) is 129 cm³/mol. The summed E-state index contributed by atoms with van der Waals surface area (Å²) in [5, 5.41) is 17.3. The van der Waals surface area contributed by atoms with Gasteiger partial charge in [0.15, 0.2) is 11.6 Å². The number of nitrogens with one attached hydrogen (secondary N) is 3. The highest BCUT2D eigenvalue weighted by Crippen LogP contribution is 2.36. The van der Waals surface area contributed by atoms with Gasteiger partial charge in [0.05, 0.1) is 35.3 Å². The van der Waals surface area contributed by atoms with Crippen molar-refractivity contribution in [2.75, 3.05) is 16.8 Å². The number of urea groups is 1.